The molecule has 0 spiro atoms. The van der Waals surface area contributed by atoms with Crippen molar-refractivity contribution in [2.75, 3.05) is 5.84 Å². The van der Waals surface area contributed by atoms with Gasteiger partial charge in [0.15, 0.2) is 0 Å². The molecule has 6 nitrogen and oxygen atoms in total. The molecule has 0 saturated heterocycles. The van der Waals surface area contributed by atoms with Crippen LogP contribution >= 0.6 is 0 Å². The number of nitrogens with zero attached hydrogens (tertiary/aromatic N) is 3. The lowest BCUT2D eigenvalue weighted by atomic mass is 10.1. The molecule has 0 saturated carbocycles. The number of rotatable bonds is 1. The Morgan fingerprint density at radius 2 is 1.88 bits per heavy atom. The van der Waals surface area contributed by atoms with Gasteiger partial charge in [0.05, 0.1) is 16.6 Å². The van der Waals surface area contributed by atoms with Gasteiger partial charge in [-0.3, -0.25) is 4.79 Å². The summed E-state index contributed by atoms with van der Waals surface area (Å²) in [5, 5.41) is -0.361. The van der Waals surface area contributed by atoms with E-state index in [9.17, 15) is 18.0 Å². The zero-order valence-electron chi connectivity index (χ0n) is 12.4. The average molecular weight is 346 g/mol. The first-order chi connectivity index (χ1) is 11.9. The number of nitrogens with two attached hydrogens (primary N) is 1. The van der Waals surface area contributed by atoms with E-state index in [-0.39, 0.29) is 27.9 Å². The number of furan rings is 1. The molecule has 25 heavy (non-hydrogen) atoms. The standard InChI is InChI=1S/C16H9F3N4O2/c17-16(18,19)9-6-10(8-4-2-1-3-5-8)22-14-11(9)12-13(25-14)15(24)23(20)7-21-12/h1-7H,20H2. The van der Waals surface area contributed by atoms with Crippen LogP contribution < -0.4 is 11.4 Å². The molecule has 0 amide bonds. The molecule has 3 heterocycles. The molecule has 0 fully saturated rings. The molecule has 0 bridgehead atoms. The van der Waals surface area contributed by atoms with Gasteiger partial charge in [0.2, 0.25) is 11.3 Å². The molecule has 0 aliphatic carbocycles. The maximum Gasteiger partial charge on any atom is 0.417 e. The highest BCUT2D eigenvalue weighted by Crippen LogP contribution is 2.39. The van der Waals surface area contributed by atoms with Crippen LogP contribution in [0.25, 0.3) is 33.5 Å². The van der Waals surface area contributed by atoms with Crippen molar-refractivity contribution in [1.29, 1.82) is 0 Å². The normalized spacial score (nSPS) is 12.1. The smallest absolute Gasteiger partial charge is 0.417 e. The summed E-state index contributed by atoms with van der Waals surface area (Å²) in [6.45, 7) is 0. The highest BCUT2D eigenvalue weighted by atomic mass is 19.4. The molecule has 0 atom stereocenters. The number of hydrogen-bond acceptors (Lipinski definition) is 5. The van der Waals surface area contributed by atoms with Gasteiger partial charge < -0.3 is 10.3 Å². The Balaban J connectivity index is 2.16. The quantitative estimate of drug-likeness (QED) is 0.536. The van der Waals surface area contributed by atoms with Crippen LogP contribution in [0.5, 0.6) is 0 Å². The number of alkyl halides is 3. The van der Waals surface area contributed by atoms with Crippen molar-refractivity contribution in [3.8, 4) is 11.3 Å². The number of fused-ring (bicyclic) bond motifs is 3. The van der Waals surface area contributed by atoms with E-state index in [4.69, 9.17) is 10.3 Å². The Bertz CT molecular complexity index is 1160. The fourth-order valence-corrected chi connectivity index (χ4v) is 2.62. The van der Waals surface area contributed by atoms with Crippen LogP contribution in [0.4, 0.5) is 13.2 Å². The zero-order valence-corrected chi connectivity index (χ0v) is 12.4. The molecule has 0 unspecified atom stereocenters. The van der Waals surface area contributed by atoms with E-state index in [2.05, 4.69) is 9.97 Å². The van der Waals surface area contributed by atoms with E-state index >= 15 is 0 Å². The number of aromatic nitrogens is 3. The third-order valence-corrected chi connectivity index (χ3v) is 3.75. The van der Waals surface area contributed by atoms with Crippen molar-refractivity contribution in [3.05, 3.63) is 58.6 Å². The second-order valence-corrected chi connectivity index (χ2v) is 5.34. The monoisotopic (exact) mass is 346 g/mol. The molecule has 4 aromatic rings. The molecule has 3 aromatic heterocycles. The van der Waals surface area contributed by atoms with Crippen LogP contribution in [0, 0.1) is 0 Å². The van der Waals surface area contributed by atoms with Crippen molar-refractivity contribution in [1.82, 2.24) is 14.6 Å². The minimum Gasteiger partial charge on any atom is -0.430 e. The van der Waals surface area contributed by atoms with E-state index < -0.39 is 17.3 Å². The number of nitrogen functional groups attached to an aromatic ring is 1. The van der Waals surface area contributed by atoms with Gasteiger partial charge in [-0.15, -0.1) is 0 Å². The minimum atomic E-state index is -4.68. The van der Waals surface area contributed by atoms with Gasteiger partial charge in [0.25, 0.3) is 0 Å². The zero-order chi connectivity index (χ0) is 17.8. The van der Waals surface area contributed by atoms with Gasteiger partial charge in [-0.25, -0.2) is 14.6 Å². The largest absolute Gasteiger partial charge is 0.430 e. The Hall–Kier alpha value is -3.36. The maximum absolute atomic E-state index is 13.6. The van der Waals surface area contributed by atoms with Crippen LogP contribution in [0.15, 0.2) is 51.9 Å². The lowest BCUT2D eigenvalue weighted by molar-refractivity contribution is -0.136. The fourth-order valence-electron chi connectivity index (χ4n) is 2.62. The van der Waals surface area contributed by atoms with Crippen LogP contribution in [0.2, 0.25) is 0 Å². The number of halogens is 3. The first-order valence-electron chi connectivity index (χ1n) is 7.09. The van der Waals surface area contributed by atoms with Crippen molar-refractivity contribution in [2.24, 2.45) is 0 Å². The molecule has 9 heteroatoms. The third kappa shape index (κ3) is 2.32. The van der Waals surface area contributed by atoms with Gasteiger partial charge >= 0.3 is 11.7 Å². The Labute approximate surface area is 137 Å². The molecule has 0 radical (unpaired) electrons. The second kappa shape index (κ2) is 5.07. The predicted molar refractivity (Wildman–Crippen MR) is 84.2 cm³/mol. The predicted octanol–water partition coefficient (Wildman–Crippen LogP) is 2.94. The lowest BCUT2D eigenvalue weighted by Gasteiger charge is -2.10. The van der Waals surface area contributed by atoms with Crippen LogP contribution in [0.1, 0.15) is 5.56 Å². The summed E-state index contributed by atoms with van der Waals surface area (Å²) in [5.74, 6) is 5.39. The average Bonchev–Trinajstić information content (AvgIpc) is 2.96. The highest BCUT2D eigenvalue weighted by Gasteiger charge is 2.36. The molecule has 126 valence electrons. The summed E-state index contributed by atoms with van der Waals surface area (Å²) >= 11 is 0. The molecule has 2 N–H and O–H groups in total. The van der Waals surface area contributed by atoms with Gasteiger partial charge in [0, 0.05) is 5.56 Å². The lowest BCUT2D eigenvalue weighted by Crippen LogP contribution is -2.26. The Morgan fingerprint density at radius 1 is 1.16 bits per heavy atom. The Morgan fingerprint density at radius 3 is 2.56 bits per heavy atom. The first-order valence-corrected chi connectivity index (χ1v) is 7.09. The van der Waals surface area contributed by atoms with Crippen molar-refractivity contribution < 1.29 is 17.6 Å². The van der Waals surface area contributed by atoms with Gasteiger partial charge in [-0.1, -0.05) is 30.3 Å². The first kappa shape index (κ1) is 15.2. The molecule has 4 rings (SSSR count). The van der Waals surface area contributed by atoms with Gasteiger partial charge in [-0.05, 0) is 6.07 Å². The highest BCUT2D eigenvalue weighted by molar-refractivity contribution is 6.03. The maximum atomic E-state index is 13.6. The SMILES string of the molecule is Nn1cnc2c(oc3nc(-c4ccccc4)cc(C(F)(F)F)c32)c1=O. The Kier molecular flexibility index (Phi) is 3.08. The summed E-state index contributed by atoms with van der Waals surface area (Å²) in [7, 11) is 0. The van der Waals surface area contributed by atoms with Crippen molar-refractivity contribution in [3.63, 3.8) is 0 Å². The van der Waals surface area contributed by atoms with Crippen LogP contribution in [0.3, 0.4) is 0 Å². The van der Waals surface area contributed by atoms with E-state index in [0.717, 1.165) is 12.4 Å². The third-order valence-electron chi connectivity index (χ3n) is 3.75. The topological polar surface area (TPSA) is 86.9 Å². The van der Waals surface area contributed by atoms with E-state index in [0.29, 0.717) is 10.2 Å². The summed E-state index contributed by atoms with van der Waals surface area (Å²) < 4.78 is 46.7. The summed E-state index contributed by atoms with van der Waals surface area (Å²) in [6.07, 6.45) is -3.74. The molecule has 1 aromatic carbocycles. The fraction of sp³-hybridized carbons (Fsp3) is 0.0625. The minimum absolute atomic E-state index is 0.0764. The van der Waals surface area contributed by atoms with Crippen molar-refractivity contribution >= 4 is 22.2 Å². The van der Waals surface area contributed by atoms with Gasteiger partial charge in [-0.2, -0.15) is 13.2 Å². The molecule has 0 aliphatic rings. The van der Waals surface area contributed by atoms with Crippen LogP contribution in [-0.4, -0.2) is 14.6 Å². The van der Waals surface area contributed by atoms with Gasteiger partial charge in [0.1, 0.15) is 11.8 Å². The van der Waals surface area contributed by atoms with E-state index in [1.54, 1.807) is 30.3 Å². The van der Waals surface area contributed by atoms with E-state index in [1.165, 1.54) is 0 Å². The molecular weight excluding hydrogens is 337 g/mol. The van der Waals surface area contributed by atoms with E-state index in [1.807, 2.05) is 0 Å². The summed E-state index contributed by atoms with van der Waals surface area (Å²) in [4.78, 5) is 20.0. The van der Waals surface area contributed by atoms with Crippen LogP contribution in [-0.2, 0) is 6.18 Å². The summed E-state index contributed by atoms with van der Waals surface area (Å²) in [6, 6.07) is 9.28. The second-order valence-electron chi connectivity index (χ2n) is 5.34. The molecular formula is C16H9F3N4O2. The van der Waals surface area contributed by atoms with Crippen molar-refractivity contribution in [2.45, 2.75) is 6.18 Å². The number of pyridine rings is 1. The molecule has 0 aliphatic heterocycles. The summed E-state index contributed by atoms with van der Waals surface area (Å²) in [5.41, 5.74) is -2.12. The number of benzene rings is 1. The number of hydrogen-bond donors (Lipinski definition) is 1.